The van der Waals surface area contributed by atoms with Gasteiger partial charge in [0, 0.05) is 5.75 Å². The van der Waals surface area contributed by atoms with Crippen LogP contribution in [0.3, 0.4) is 0 Å². The van der Waals surface area contributed by atoms with Crippen LogP contribution in [0.15, 0.2) is 0 Å². The molecule has 23 heavy (non-hydrogen) atoms. The molecule has 7 N–H and O–H groups in total. The average molecular weight is 345 g/mol. The summed E-state index contributed by atoms with van der Waals surface area (Å²) in [6.07, 6.45) is -0.906. The first-order valence-electron chi connectivity index (χ1n) is 7.39. The van der Waals surface area contributed by atoms with E-state index in [1.54, 1.807) is 16.7 Å². The molecule has 2 aliphatic rings. The van der Waals surface area contributed by atoms with E-state index in [0.29, 0.717) is 18.8 Å². The normalized spacial score (nSPS) is 26.3. The van der Waals surface area contributed by atoms with E-state index >= 15 is 0 Å². The molecule has 3 amide bonds. The number of rotatable bonds is 5. The minimum Gasteiger partial charge on any atom is -0.391 e. The first-order valence-corrected chi connectivity index (χ1v) is 8.37. The molecular formula is C13H23N5O4S. The lowest BCUT2D eigenvalue weighted by molar-refractivity contribution is -0.140. The van der Waals surface area contributed by atoms with Crippen LogP contribution in [0.25, 0.3) is 0 Å². The first kappa shape index (κ1) is 18.0. The van der Waals surface area contributed by atoms with Crippen molar-refractivity contribution in [3.05, 3.63) is 0 Å². The largest absolute Gasteiger partial charge is 0.391 e. The van der Waals surface area contributed by atoms with E-state index in [2.05, 4.69) is 10.6 Å². The summed E-state index contributed by atoms with van der Waals surface area (Å²) in [6, 6.07) is -2.10. The van der Waals surface area contributed by atoms with Gasteiger partial charge in [0.15, 0.2) is 0 Å². The monoisotopic (exact) mass is 345 g/mol. The Kier molecular flexibility index (Phi) is 5.19. The zero-order chi connectivity index (χ0) is 17.4. The lowest BCUT2D eigenvalue weighted by Crippen LogP contribution is -2.70. The number of amides is 3. The van der Waals surface area contributed by atoms with Crippen LogP contribution >= 0.6 is 11.8 Å². The minimum atomic E-state index is -0.936. The number of hydrogen-bond donors (Lipinski definition) is 5. The van der Waals surface area contributed by atoms with Crippen molar-refractivity contribution < 1.29 is 19.5 Å². The molecule has 2 heterocycles. The van der Waals surface area contributed by atoms with E-state index < -0.39 is 30.1 Å². The minimum absolute atomic E-state index is 0.286. The van der Waals surface area contributed by atoms with Crippen molar-refractivity contribution in [3.8, 4) is 0 Å². The summed E-state index contributed by atoms with van der Waals surface area (Å²) in [6.45, 7) is 3.85. The van der Waals surface area contributed by atoms with Gasteiger partial charge in [0.05, 0.1) is 25.2 Å². The van der Waals surface area contributed by atoms with Crippen molar-refractivity contribution in [3.63, 3.8) is 0 Å². The van der Waals surface area contributed by atoms with Crippen molar-refractivity contribution in [2.24, 2.45) is 11.5 Å². The molecule has 10 heteroatoms. The maximum Gasteiger partial charge on any atom is 0.242 e. The number of nitrogens with two attached hydrogens (primary N) is 2. The molecule has 2 fully saturated rings. The molecule has 2 aliphatic heterocycles. The summed E-state index contributed by atoms with van der Waals surface area (Å²) < 4.78 is 0. The molecule has 0 bridgehead atoms. The highest BCUT2D eigenvalue weighted by Gasteiger charge is 2.52. The van der Waals surface area contributed by atoms with Gasteiger partial charge in [0.25, 0.3) is 0 Å². The predicted octanol–water partition coefficient (Wildman–Crippen LogP) is -3.07. The maximum atomic E-state index is 12.1. The molecule has 0 saturated carbocycles. The van der Waals surface area contributed by atoms with Gasteiger partial charge in [-0.05, 0) is 13.8 Å². The third kappa shape index (κ3) is 3.77. The van der Waals surface area contributed by atoms with Gasteiger partial charge >= 0.3 is 0 Å². The summed E-state index contributed by atoms with van der Waals surface area (Å²) in [4.78, 5) is 36.3. The molecule has 2 rings (SSSR count). The third-order valence-corrected chi connectivity index (χ3v) is 5.50. The van der Waals surface area contributed by atoms with Gasteiger partial charge in [-0.2, -0.15) is 0 Å². The fraction of sp³-hybridized carbons (Fsp3) is 0.769. The summed E-state index contributed by atoms with van der Waals surface area (Å²) in [5, 5.41) is 15.1. The highest BCUT2D eigenvalue weighted by atomic mass is 32.2. The SMILES string of the molecule is C[C@H](NC(=O)[C@@H]1CSC2(CN(C(=O)[C@@H](N)[C@@H](C)O)C2)N1)C(N)=O. The Morgan fingerprint density at radius 1 is 1.39 bits per heavy atom. The maximum absolute atomic E-state index is 12.1. The summed E-state index contributed by atoms with van der Waals surface area (Å²) >= 11 is 1.56. The molecule has 0 radical (unpaired) electrons. The van der Waals surface area contributed by atoms with Crippen molar-refractivity contribution in [2.45, 2.75) is 42.9 Å². The van der Waals surface area contributed by atoms with Gasteiger partial charge in [-0.1, -0.05) is 0 Å². The summed E-state index contributed by atoms with van der Waals surface area (Å²) in [5.41, 5.74) is 10.8. The Labute approximate surface area is 138 Å². The Balaban J connectivity index is 1.84. The van der Waals surface area contributed by atoms with E-state index in [9.17, 15) is 19.5 Å². The van der Waals surface area contributed by atoms with Crippen molar-refractivity contribution >= 4 is 29.5 Å². The van der Waals surface area contributed by atoms with Crippen LogP contribution in [0.4, 0.5) is 0 Å². The number of nitrogens with one attached hydrogen (secondary N) is 2. The molecule has 4 atom stereocenters. The highest BCUT2D eigenvalue weighted by Crippen LogP contribution is 2.38. The molecule has 0 unspecified atom stereocenters. The average Bonchev–Trinajstić information content (AvgIpc) is 2.89. The van der Waals surface area contributed by atoms with Gasteiger partial charge in [-0.25, -0.2) is 0 Å². The topological polar surface area (TPSA) is 151 Å². The van der Waals surface area contributed by atoms with E-state index in [-0.39, 0.29) is 16.7 Å². The van der Waals surface area contributed by atoms with Gasteiger partial charge in [0.1, 0.15) is 17.0 Å². The predicted molar refractivity (Wildman–Crippen MR) is 85.1 cm³/mol. The molecule has 0 aromatic rings. The smallest absolute Gasteiger partial charge is 0.242 e. The van der Waals surface area contributed by atoms with Gasteiger partial charge in [0.2, 0.25) is 17.7 Å². The summed E-state index contributed by atoms with van der Waals surface area (Å²) in [7, 11) is 0. The number of likely N-dealkylation sites (tertiary alicyclic amines) is 1. The number of carbonyl (C=O) groups excluding carboxylic acids is 3. The van der Waals surface area contributed by atoms with Crippen molar-refractivity contribution in [1.82, 2.24) is 15.5 Å². The fourth-order valence-electron chi connectivity index (χ4n) is 2.50. The third-order valence-electron chi connectivity index (χ3n) is 4.07. The molecule has 2 saturated heterocycles. The zero-order valence-electron chi connectivity index (χ0n) is 13.1. The standard InChI is InChI=1S/C13H23N5O4S/c1-6(10(15)20)16-11(21)8-3-23-13(17-8)4-18(5-13)12(22)9(14)7(2)19/h6-9,17,19H,3-5,14H2,1-2H3,(H2,15,20)(H,16,21)/t6-,7+,8-,9-/m0/s1. The lowest BCUT2D eigenvalue weighted by atomic mass is 10.0. The van der Waals surface area contributed by atoms with Gasteiger partial charge in [-0.3, -0.25) is 19.7 Å². The Morgan fingerprint density at radius 2 is 2.00 bits per heavy atom. The molecular weight excluding hydrogens is 322 g/mol. The van der Waals surface area contributed by atoms with Gasteiger partial charge < -0.3 is 26.8 Å². The second-order valence-electron chi connectivity index (χ2n) is 6.10. The van der Waals surface area contributed by atoms with Crippen LogP contribution in [0.5, 0.6) is 0 Å². The van der Waals surface area contributed by atoms with Crippen LogP contribution in [0.2, 0.25) is 0 Å². The quantitative estimate of drug-likeness (QED) is 0.355. The number of aliphatic hydroxyl groups is 1. The van der Waals surface area contributed by atoms with Crippen molar-refractivity contribution in [2.75, 3.05) is 18.8 Å². The van der Waals surface area contributed by atoms with Crippen LogP contribution in [-0.4, -0.2) is 75.7 Å². The molecule has 130 valence electrons. The molecule has 0 aromatic heterocycles. The van der Waals surface area contributed by atoms with Gasteiger partial charge in [-0.15, -0.1) is 11.8 Å². The Bertz CT molecular complexity index is 509. The van der Waals surface area contributed by atoms with Crippen LogP contribution < -0.4 is 22.1 Å². The summed E-state index contributed by atoms with van der Waals surface area (Å²) in [5.74, 6) is -0.636. The second kappa shape index (κ2) is 6.63. The van der Waals surface area contributed by atoms with E-state index in [4.69, 9.17) is 11.5 Å². The van der Waals surface area contributed by atoms with E-state index in [1.807, 2.05) is 0 Å². The number of carbonyl (C=O) groups is 3. The molecule has 9 nitrogen and oxygen atoms in total. The Morgan fingerprint density at radius 3 is 2.52 bits per heavy atom. The first-order chi connectivity index (χ1) is 10.6. The molecule has 1 spiro atoms. The van der Waals surface area contributed by atoms with Crippen LogP contribution in [0.1, 0.15) is 13.8 Å². The Hall–Kier alpha value is -1.36. The molecule has 0 aliphatic carbocycles. The fourth-order valence-corrected chi connectivity index (χ4v) is 3.94. The molecule has 0 aromatic carbocycles. The zero-order valence-corrected chi connectivity index (χ0v) is 13.9. The number of primary amides is 1. The number of thioether (sulfide) groups is 1. The van der Waals surface area contributed by atoms with Crippen LogP contribution in [-0.2, 0) is 14.4 Å². The van der Waals surface area contributed by atoms with Crippen molar-refractivity contribution in [1.29, 1.82) is 0 Å². The number of aliphatic hydroxyl groups excluding tert-OH is 1. The van der Waals surface area contributed by atoms with E-state index in [0.717, 1.165) is 0 Å². The lowest BCUT2D eigenvalue weighted by Gasteiger charge is -2.48. The highest BCUT2D eigenvalue weighted by molar-refractivity contribution is 8.01. The van der Waals surface area contributed by atoms with Crippen LogP contribution in [0, 0.1) is 0 Å². The number of hydrogen-bond acceptors (Lipinski definition) is 7. The second-order valence-corrected chi connectivity index (χ2v) is 7.50. The number of nitrogens with zero attached hydrogens (tertiary/aromatic N) is 1. The van der Waals surface area contributed by atoms with E-state index in [1.165, 1.54) is 13.8 Å².